The average Bonchev–Trinajstić information content (AvgIpc) is 4.04. The lowest BCUT2D eigenvalue weighted by molar-refractivity contribution is -0.136. The van der Waals surface area contributed by atoms with Crippen molar-refractivity contribution in [3.05, 3.63) is 90.1 Å². The molecule has 75 heavy (non-hydrogen) atoms. The van der Waals surface area contributed by atoms with Crippen LogP contribution in [-0.4, -0.2) is 135 Å². The molecule has 4 aromatic rings. The number of H-pyrrole nitrogens is 2. The van der Waals surface area contributed by atoms with Crippen LogP contribution in [-0.2, 0) is 67.2 Å². The lowest BCUT2D eigenvalue weighted by Gasteiger charge is -2.28. The van der Waals surface area contributed by atoms with Gasteiger partial charge in [0, 0.05) is 69.0 Å². The van der Waals surface area contributed by atoms with Crippen molar-refractivity contribution in [2.24, 2.45) is 17.2 Å². The molecule has 1 saturated heterocycles. The molecule has 3 heterocycles. The molecule has 0 unspecified atom stereocenters. The summed E-state index contributed by atoms with van der Waals surface area (Å²) in [4.78, 5) is 147. The zero-order valence-corrected chi connectivity index (χ0v) is 41.4. The summed E-state index contributed by atoms with van der Waals surface area (Å²) in [6.45, 7) is 1.35. The molecule has 402 valence electrons. The van der Waals surface area contributed by atoms with Crippen molar-refractivity contribution >= 4 is 75.9 Å². The fraction of sp³-hybridized carbons (Fsp3) is 0.429. The molecule has 10 amide bonds. The number of amides is 10. The third-order valence-corrected chi connectivity index (χ3v) is 12.2. The predicted octanol–water partition coefficient (Wildman–Crippen LogP) is -2.96. The molecule has 0 bridgehead atoms. The number of rotatable bonds is 17. The summed E-state index contributed by atoms with van der Waals surface area (Å²) in [7, 11) is 0. The van der Waals surface area contributed by atoms with Gasteiger partial charge in [-0.2, -0.15) is 0 Å². The maximum Gasteiger partial charge on any atom is 0.243 e. The van der Waals surface area contributed by atoms with E-state index >= 15 is 0 Å². The number of carbonyl (C=O) groups is 10. The Balaban J connectivity index is 1.53. The first-order valence-electron chi connectivity index (χ1n) is 24.4. The van der Waals surface area contributed by atoms with Crippen LogP contribution in [0.1, 0.15) is 75.1 Å². The second kappa shape index (κ2) is 28.4. The van der Waals surface area contributed by atoms with E-state index < -0.39 is 114 Å². The molecule has 0 spiro atoms. The molecule has 2 aromatic heterocycles. The van der Waals surface area contributed by atoms with Crippen LogP contribution in [0.3, 0.4) is 0 Å². The Morgan fingerprint density at radius 2 is 1.40 bits per heavy atom. The summed E-state index contributed by atoms with van der Waals surface area (Å²) in [6.07, 6.45) is 3.20. The second-order valence-corrected chi connectivity index (χ2v) is 18.1. The van der Waals surface area contributed by atoms with Gasteiger partial charge in [0.15, 0.2) is 5.96 Å². The number of para-hydroxylation sites is 1. The Kier molecular flexibility index (Phi) is 21.6. The minimum atomic E-state index is -1.67. The van der Waals surface area contributed by atoms with Gasteiger partial charge in [0.25, 0.3) is 0 Å². The summed E-state index contributed by atoms with van der Waals surface area (Å²) in [6, 6.07) is 5.65. The van der Waals surface area contributed by atoms with Crippen LogP contribution in [0.15, 0.2) is 73.3 Å². The molecule has 1 fully saturated rings. The van der Waals surface area contributed by atoms with Crippen LogP contribution in [0.2, 0.25) is 0 Å². The Morgan fingerprint density at radius 1 is 0.760 bits per heavy atom. The van der Waals surface area contributed by atoms with Crippen LogP contribution in [0.4, 0.5) is 0 Å². The highest BCUT2D eigenvalue weighted by Crippen LogP contribution is 2.20. The summed E-state index contributed by atoms with van der Waals surface area (Å²) in [5.41, 5.74) is 18.9. The number of fused-ring (bicyclic) bond motifs is 1. The number of hydrogen-bond acceptors (Lipinski definition) is 12. The first-order valence-corrected chi connectivity index (χ1v) is 24.4. The first-order chi connectivity index (χ1) is 35.9. The van der Waals surface area contributed by atoms with Gasteiger partial charge < -0.3 is 75.0 Å². The summed E-state index contributed by atoms with van der Waals surface area (Å²) in [5.74, 6) is -8.75. The van der Waals surface area contributed by atoms with E-state index in [1.807, 2.05) is 18.2 Å². The number of nitrogens with one attached hydrogen (secondary N) is 12. The monoisotopic (exact) mass is 1040 g/mol. The van der Waals surface area contributed by atoms with Gasteiger partial charge in [-0.1, -0.05) is 48.5 Å². The van der Waals surface area contributed by atoms with Gasteiger partial charge in [-0.05, 0) is 55.7 Å². The van der Waals surface area contributed by atoms with Gasteiger partial charge in [-0.3, -0.25) is 53.4 Å². The molecule has 0 saturated carbocycles. The van der Waals surface area contributed by atoms with Crippen molar-refractivity contribution in [2.75, 3.05) is 13.1 Å². The van der Waals surface area contributed by atoms with Crippen LogP contribution < -0.4 is 65.1 Å². The molecule has 26 heteroatoms. The molecule has 7 atom stereocenters. The van der Waals surface area contributed by atoms with E-state index in [1.54, 1.807) is 42.6 Å². The van der Waals surface area contributed by atoms with Gasteiger partial charge in [-0.15, -0.1) is 0 Å². The molecule has 2 aromatic carbocycles. The van der Waals surface area contributed by atoms with Crippen molar-refractivity contribution in [3.63, 3.8) is 0 Å². The minimum absolute atomic E-state index is 0.00181. The summed E-state index contributed by atoms with van der Waals surface area (Å²) >= 11 is 0. The number of nitrogens with zero attached hydrogens (tertiary/aromatic N) is 1. The van der Waals surface area contributed by atoms with Crippen LogP contribution >= 0.6 is 0 Å². The Morgan fingerprint density at radius 3 is 2.07 bits per heavy atom. The number of aromatic nitrogens is 3. The molecule has 5 rings (SSSR count). The first kappa shape index (κ1) is 57.1. The van der Waals surface area contributed by atoms with Gasteiger partial charge in [-0.25, -0.2) is 4.98 Å². The van der Waals surface area contributed by atoms with E-state index in [-0.39, 0.29) is 82.5 Å². The Labute approximate surface area is 431 Å². The average molecular weight is 1040 g/mol. The summed E-state index contributed by atoms with van der Waals surface area (Å²) in [5, 5.41) is 31.7. The van der Waals surface area contributed by atoms with E-state index in [4.69, 9.17) is 22.6 Å². The molecule has 18 N–H and O–H groups in total. The molecule has 26 nitrogen and oxygen atoms in total. The second-order valence-electron chi connectivity index (χ2n) is 18.1. The van der Waals surface area contributed by atoms with Crippen molar-refractivity contribution in [3.8, 4) is 0 Å². The minimum Gasteiger partial charge on any atom is -0.370 e. The van der Waals surface area contributed by atoms with Crippen LogP contribution in [0.25, 0.3) is 10.9 Å². The van der Waals surface area contributed by atoms with Crippen LogP contribution in [0, 0.1) is 5.41 Å². The highest BCUT2D eigenvalue weighted by molar-refractivity contribution is 5.99. The van der Waals surface area contributed by atoms with E-state index in [0.29, 0.717) is 11.1 Å². The number of primary amides is 2. The van der Waals surface area contributed by atoms with Gasteiger partial charge in [0.05, 0.1) is 18.4 Å². The highest BCUT2D eigenvalue weighted by Gasteiger charge is 2.35. The molecule has 1 aliphatic heterocycles. The zero-order chi connectivity index (χ0) is 54.4. The number of benzene rings is 2. The maximum absolute atomic E-state index is 14.6. The molecule has 0 radical (unpaired) electrons. The number of imidazole rings is 1. The smallest absolute Gasteiger partial charge is 0.243 e. The fourth-order valence-electron chi connectivity index (χ4n) is 8.30. The predicted molar refractivity (Wildman–Crippen MR) is 272 cm³/mol. The standard InChI is InChI=1S/C49H66N16O10/c1-27(66)59-34(15-9-19-56-49(52)53)43(70)65-39-23-41(68)55-18-8-7-14-33(42(51)69)60-46(73)37(21-29-24-57-32-13-6-5-12-31(29)32)63-44(71)35(16-17-40(50)67)61-45(72)36(20-28-10-3-2-4-11-28)62-47(74)38(64-48(39)75)22-30-25-54-26-58-30/h2-6,10-13,24-26,33-39,57H,7-9,14-23H2,1H3,(H2,50,67)(H2,51,69)(H,54,58)(H,55,68)(H,59,66)(H,60,73)(H,61,72)(H,62,74)(H,63,71)(H,64,75)(H,65,70)(H4,52,53,56)/t33-,34-,35-,36+,37-,38-,39-/m0/s1. The number of carbonyl (C=O) groups excluding carboxylic acids is 10. The fourth-order valence-corrected chi connectivity index (χ4v) is 8.30. The van der Waals surface area contributed by atoms with Gasteiger partial charge in [0.2, 0.25) is 59.1 Å². The van der Waals surface area contributed by atoms with Gasteiger partial charge >= 0.3 is 0 Å². The van der Waals surface area contributed by atoms with Crippen molar-refractivity contribution in [1.29, 1.82) is 5.41 Å². The SMILES string of the molecule is CC(=O)N[C@@H](CCCNC(=N)N)C(=O)N[C@H]1CC(=O)NCCCC[C@@H](C(N)=O)NC(=O)[C@H](Cc2c[nH]c3ccccc23)NC(=O)[C@H](CCC(N)=O)NC(=O)[C@@H](Cc2ccccc2)NC(=O)[C@H](Cc2c[nH]cn2)NC1=O. The largest absolute Gasteiger partial charge is 0.370 e. The Hall–Kier alpha value is -8.84. The normalized spacial score (nSPS) is 21.1. The number of aromatic amines is 2. The number of guanidine groups is 1. The zero-order valence-electron chi connectivity index (χ0n) is 41.4. The van der Waals surface area contributed by atoms with E-state index in [1.165, 1.54) is 19.4 Å². The Bertz CT molecular complexity index is 2660. The molecule has 1 aliphatic rings. The third kappa shape index (κ3) is 18.6. The molecular weight excluding hydrogens is 973 g/mol. The van der Waals surface area contributed by atoms with Crippen molar-refractivity contribution < 1.29 is 47.9 Å². The van der Waals surface area contributed by atoms with Crippen LogP contribution in [0.5, 0.6) is 0 Å². The third-order valence-electron chi connectivity index (χ3n) is 12.2. The molecule has 0 aliphatic carbocycles. The quantitative estimate of drug-likeness (QED) is 0.0286. The van der Waals surface area contributed by atoms with Gasteiger partial charge in [0.1, 0.15) is 42.3 Å². The lowest BCUT2D eigenvalue weighted by atomic mass is 10.0. The summed E-state index contributed by atoms with van der Waals surface area (Å²) < 4.78 is 0. The highest BCUT2D eigenvalue weighted by atomic mass is 16.2. The topological polar surface area (TPSA) is 425 Å². The molecular formula is C49H66N16O10. The number of nitrogens with two attached hydrogens (primary N) is 3. The lowest BCUT2D eigenvalue weighted by Crippen LogP contribution is -2.61. The van der Waals surface area contributed by atoms with Crippen molar-refractivity contribution in [2.45, 2.75) is 120 Å². The van der Waals surface area contributed by atoms with E-state index in [0.717, 1.165) is 10.9 Å². The maximum atomic E-state index is 14.6. The van der Waals surface area contributed by atoms with Crippen molar-refractivity contribution in [1.82, 2.24) is 62.8 Å². The number of hydrogen-bond donors (Lipinski definition) is 15. The van der Waals surface area contributed by atoms with E-state index in [9.17, 15) is 47.9 Å². The van der Waals surface area contributed by atoms with E-state index in [2.05, 4.69) is 62.8 Å².